The molecular formula is C20H23N3O4. The number of ketones is 1. The molecule has 0 aliphatic heterocycles. The lowest BCUT2D eigenvalue weighted by Gasteiger charge is -2.08. The maximum Gasteiger partial charge on any atom is 0.251 e. The molecule has 2 aromatic rings. The fourth-order valence-electron chi connectivity index (χ4n) is 2.56. The Labute approximate surface area is 158 Å². The predicted molar refractivity (Wildman–Crippen MR) is 98.5 cm³/mol. The summed E-state index contributed by atoms with van der Waals surface area (Å²) in [4.78, 5) is 32.7. The van der Waals surface area contributed by atoms with Crippen LogP contribution in [0.3, 0.4) is 0 Å². The molecule has 1 saturated carbocycles. The van der Waals surface area contributed by atoms with Crippen molar-refractivity contribution in [2.75, 3.05) is 20.3 Å². The molecule has 0 saturated heterocycles. The summed E-state index contributed by atoms with van der Waals surface area (Å²) in [6.45, 7) is 1.29. The Kier molecular flexibility index (Phi) is 6.49. The van der Waals surface area contributed by atoms with Gasteiger partial charge in [0.1, 0.15) is 12.4 Å². The molecule has 1 aliphatic carbocycles. The Morgan fingerprint density at radius 1 is 1.19 bits per heavy atom. The van der Waals surface area contributed by atoms with E-state index in [4.69, 9.17) is 9.47 Å². The van der Waals surface area contributed by atoms with Crippen molar-refractivity contribution in [1.82, 2.24) is 15.3 Å². The molecule has 0 radical (unpaired) electrons. The van der Waals surface area contributed by atoms with Crippen molar-refractivity contribution in [3.8, 4) is 5.88 Å². The van der Waals surface area contributed by atoms with Gasteiger partial charge in [-0.25, -0.2) is 4.98 Å². The molecule has 0 aromatic carbocycles. The van der Waals surface area contributed by atoms with Gasteiger partial charge in [-0.05, 0) is 30.5 Å². The summed E-state index contributed by atoms with van der Waals surface area (Å²) in [6, 6.07) is 6.93. The minimum Gasteiger partial charge on any atom is -0.475 e. The molecule has 2 heterocycles. The molecule has 142 valence electrons. The molecule has 1 N–H and O–H groups in total. The molecule has 3 rings (SSSR count). The van der Waals surface area contributed by atoms with Crippen molar-refractivity contribution >= 4 is 11.7 Å². The number of carbonyl (C=O) groups is 2. The second kappa shape index (κ2) is 9.23. The number of ether oxygens (including phenoxy) is 2. The topological polar surface area (TPSA) is 90.4 Å². The van der Waals surface area contributed by atoms with Crippen LogP contribution in [-0.2, 0) is 22.5 Å². The van der Waals surface area contributed by atoms with Crippen molar-refractivity contribution in [1.29, 1.82) is 0 Å². The van der Waals surface area contributed by atoms with Gasteiger partial charge in [0, 0.05) is 55.7 Å². The monoisotopic (exact) mass is 369 g/mol. The second-order valence-corrected chi connectivity index (χ2v) is 6.48. The van der Waals surface area contributed by atoms with Crippen molar-refractivity contribution in [2.45, 2.75) is 25.8 Å². The number of pyridine rings is 2. The average molecular weight is 369 g/mol. The normalized spacial score (nSPS) is 13.2. The summed E-state index contributed by atoms with van der Waals surface area (Å²) in [5.74, 6) is 0.705. The predicted octanol–water partition coefficient (Wildman–Crippen LogP) is 1.95. The quantitative estimate of drug-likeness (QED) is 0.644. The number of rotatable bonds is 10. The Morgan fingerprint density at radius 2 is 2.04 bits per heavy atom. The van der Waals surface area contributed by atoms with Gasteiger partial charge in [0.25, 0.3) is 5.91 Å². The first-order valence-corrected chi connectivity index (χ1v) is 8.98. The van der Waals surface area contributed by atoms with E-state index in [1.165, 1.54) is 0 Å². The minimum absolute atomic E-state index is 0.193. The number of amides is 1. The SMILES string of the molecule is COCCOc1ccc(CNC(=O)c2ccnc(CC(=O)C3CC3)c2)cn1. The number of Topliss-reactive ketones (excluding diaryl/α,β-unsaturated/α-hetero) is 1. The summed E-state index contributed by atoms with van der Waals surface area (Å²) in [6.07, 6.45) is 5.47. The molecule has 0 bridgehead atoms. The molecule has 1 fully saturated rings. The Hall–Kier alpha value is -2.80. The van der Waals surface area contributed by atoms with Crippen LogP contribution < -0.4 is 10.1 Å². The zero-order valence-corrected chi connectivity index (χ0v) is 15.3. The second-order valence-electron chi connectivity index (χ2n) is 6.48. The highest BCUT2D eigenvalue weighted by Gasteiger charge is 2.29. The van der Waals surface area contributed by atoms with Gasteiger partial charge in [0.2, 0.25) is 5.88 Å². The molecule has 1 amide bonds. The van der Waals surface area contributed by atoms with Gasteiger partial charge in [-0.2, -0.15) is 0 Å². The van der Waals surface area contributed by atoms with Crippen LogP contribution in [0.2, 0.25) is 0 Å². The Bertz CT molecular complexity index is 788. The summed E-state index contributed by atoms with van der Waals surface area (Å²) < 4.78 is 10.3. The van der Waals surface area contributed by atoms with E-state index in [2.05, 4.69) is 15.3 Å². The van der Waals surface area contributed by atoms with E-state index in [1.54, 1.807) is 37.7 Å². The van der Waals surface area contributed by atoms with Gasteiger partial charge in [0.15, 0.2) is 0 Å². The van der Waals surface area contributed by atoms with Gasteiger partial charge in [-0.15, -0.1) is 0 Å². The van der Waals surface area contributed by atoms with E-state index in [9.17, 15) is 9.59 Å². The standard InChI is InChI=1S/C20H23N3O4/c1-26-8-9-27-19-5-2-14(12-22-19)13-23-20(25)16-6-7-21-17(10-16)11-18(24)15-3-4-15/h2,5-7,10,12,15H,3-4,8-9,11,13H2,1H3,(H,23,25). The van der Waals surface area contributed by atoms with E-state index < -0.39 is 0 Å². The van der Waals surface area contributed by atoms with Gasteiger partial charge in [-0.1, -0.05) is 6.07 Å². The van der Waals surface area contributed by atoms with Crippen LogP contribution in [-0.4, -0.2) is 42.0 Å². The number of methoxy groups -OCH3 is 1. The number of hydrogen-bond acceptors (Lipinski definition) is 6. The largest absolute Gasteiger partial charge is 0.475 e. The number of aromatic nitrogens is 2. The lowest BCUT2D eigenvalue weighted by Crippen LogP contribution is -2.23. The lowest BCUT2D eigenvalue weighted by molar-refractivity contribution is -0.119. The maximum atomic E-state index is 12.4. The van der Waals surface area contributed by atoms with E-state index in [1.807, 2.05) is 6.07 Å². The van der Waals surface area contributed by atoms with Crippen molar-refractivity contribution in [3.63, 3.8) is 0 Å². The zero-order valence-electron chi connectivity index (χ0n) is 15.3. The molecule has 7 heteroatoms. The molecule has 7 nitrogen and oxygen atoms in total. The molecule has 0 unspecified atom stereocenters. The summed E-state index contributed by atoms with van der Waals surface area (Å²) in [5.41, 5.74) is 2.00. The third-order valence-electron chi connectivity index (χ3n) is 4.25. The van der Waals surface area contributed by atoms with Crippen molar-refractivity contribution < 1.29 is 19.1 Å². The number of nitrogens with zero attached hydrogens (tertiary/aromatic N) is 2. The first kappa shape index (κ1) is 19.0. The van der Waals surface area contributed by atoms with Gasteiger partial charge >= 0.3 is 0 Å². The number of nitrogens with one attached hydrogen (secondary N) is 1. The summed E-state index contributed by atoms with van der Waals surface area (Å²) >= 11 is 0. The van der Waals surface area contributed by atoms with Crippen molar-refractivity contribution in [2.24, 2.45) is 5.92 Å². The highest BCUT2D eigenvalue weighted by Crippen LogP contribution is 2.30. The van der Waals surface area contributed by atoms with Crippen LogP contribution in [0.25, 0.3) is 0 Å². The Morgan fingerprint density at radius 3 is 2.74 bits per heavy atom. The average Bonchev–Trinajstić information content (AvgIpc) is 3.53. The molecule has 0 spiro atoms. The van der Waals surface area contributed by atoms with Crippen LogP contribution in [0.1, 0.15) is 34.5 Å². The zero-order chi connectivity index (χ0) is 19.1. The summed E-state index contributed by atoms with van der Waals surface area (Å²) in [7, 11) is 1.61. The fraction of sp³-hybridized carbons (Fsp3) is 0.400. The van der Waals surface area contributed by atoms with Gasteiger partial charge in [0.05, 0.1) is 6.61 Å². The van der Waals surface area contributed by atoms with E-state index >= 15 is 0 Å². The smallest absolute Gasteiger partial charge is 0.251 e. The van der Waals surface area contributed by atoms with Crippen LogP contribution in [0.5, 0.6) is 5.88 Å². The van der Waals surface area contributed by atoms with Crippen molar-refractivity contribution in [3.05, 3.63) is 53.5 Å². The number of carbonyl (C=O) groups excluding carboxylic acids is 2. The van der Waals surface area contributed by atoms with E-state index in [0.29, 0.717) is 43.3 Å². The van der Waals surface area contributed by atoms with Crippen LogP contribution >= 0.6 is 0 Å². The third-order valence-corrected chi connectivity index (χ3v) is 4.25. The van der Waals surface area contributed by atoms with Gasteiger partial charge in [-0.3, -0.25) is 14.6 Å². The molecule has 1 aliphatic rings. The molecule has 2 aromatic heterocycles. The highest BCUT2D eigenvalue weighted by molar-refractivity contribution is 5.94. The maximum absolute atomic E-state index is 12.4. The molecule has 27 heavy (non-hydrogen) atoms. The summed E-state index contributed by atoms with van der Waals surface area (Å²) in [5, 5.41) is 2.85. The third kappa shape index (κ3) is 5.86. The first-order valence-electron chi connectivity index (χ1n) is 8.98. The van der Waals surface area contributed by atoms with E-state index in [-0.39, 0.29) is 17.6 Å². The molecule has 0 atom stereocenters. The van der Waals surface area contributed by atoms with Gasteiger partial charge < -0.3 is 14.8 Å². The van der Waals surface area contributed by atoms with E-state index in [0.717, 1.165) is 18.4 Å². The minimum atomic E-state index is -0.210. The van der Waals surface area contributed by atoms with Crippen LogP contribution in [0.15, 0.2) is 36.7 Å². The first-order chi connectivity index (χ1) is 13.2. The fourth-order valence-corrected chi connectivity index (χ4v) is 2.56. The molecular weight excluding hydrogens is 346 g/mol. The van der Waals surface area contributed by atoms with Crippen LogP contribution in [0.4, 0.5) is 0 Å². The Balaban J connectivity index is 1.50. The van der Waals surface area contributed by atoms with Crippen LogP contribution in [0, 0.1) is 5.92 Å². The lowest BCUT2D eigenvalue weighted by atomic mass is 10.1. The highest BCUT2D eigenvalue weighted by atomic mass is 16.5. The number of hydrogen-bond donors (Lipinski definition) is 1.